The summed E-state index contributed by atoms with van der Waals surface area (Å²) in [4.78, 5) is 34.8. The van der Waals surface area contributed by atoms with Crippen LogP contribution in [-0.2, 0) is 30.0 Å². The van der Waals surface area contributed by atoms with Crippen LogP contribution in [0.25, 0.3) is 0 Å². The van der Waals surface area contributed by atoms with Crippen molar-refractivity contribution in [2.75, 3.05) is 14.2 Å². The van der Waals surface area contributed by atoms with Gasteiger partial charge in [0.1, 0.15) is 6.04 Å². The first kappa shape index (κ1) is 22.2. The highest BCUT2D eigenvalue weighted by atomic mass is 19.4. The number of methoxy groups -OCH3 is 2. The Balaban J connectivity index is 2.83. The molecular formula is C17H18F3NO6. The first-order valence-corrected chi connectivity index (χ1v) is 7.58. The highest BCUT2D eigenvalue weighted by Gasteiger charge is 2.31. The first-order chi connectivity index (χ1) is 12.6. The predicted molar refractivity (Wildman–Crippen MR) is 86.1 cm³/mol. The Morgan fingerprint density at radius 1 is 1.15 bits per heavy atom. The average molecular weight is 389 g/mol. The van der Waals surface area contributed by atoms with Crippen LogP contribution >= 0.6 is 0 Å². The molecule has 1 aromatic rings. The molecule has 0 aromatic heterocycles. The summed E-state index contributed by atoms with van der Waals surface area (Å²) in [5.74, 6) is -2.52. The van der Waals surface area contributed by atoms with Crippen molar-refractivity contribution in [3.05, 3.63) is 47.5 Å². The molecule has 0 saturated carbocycles. The summed E-state index contributed by atoms with van der Waals surface area (Å²) in [6.45, 7) is 0. The van der Waals surface area contributed by atoms with Crippen LogP contribution in [0.3, 0.4) is 0 Å². The second-order valence-electron chi connectivity index (χ2n) is 5.27. The fraction of sp³-hybridized carbons (Fsp3) is 0.353. The van der Waals surface area contributed by atoms with E-state index in [0.717, 1.165) is 44.6 Å². The highest BCUT2D eigenvalue weighted by molar-refractivity contribution is 5.88. The van der Waals surface area contributed by atoms with Crippen molar-refractivity contribution in [1.82, 2.24) is 5.32 Å². The summed E-state index contributed by atoms with van der Waals surface area (Å²) in [6, 6.07) is 2.15. The van der Waals surface area contributed by atoms with Crippen LogP contribution in [0.1, 0.15) is 23.7 Å². The van der Waals surface area contributed by atoms with Crippen molar-refractivity contribution in [2.45, 2.75) is 24.7 Å². The van der Waals surface area contributed by atoms with Gasteiger partial charge in [0.25, 0.3) is 5.91 Å². The molecule has 0 aliphatic heterocycles. The molecule has 0 bridgehead atoms. The van der Waals surface area contributed by atoms with E-state index < -0.39 is 41.7 Å². The molecule has 0 aliphatic carbocycles. The molecule has 0 radical (unpaired) electrons. The van der Waals surface area contributed by atoms with Crippen LogP contribution in [0, 0.1) is 0 Å². The molecular weight excluding hydrogens is 371 g/mol. The zero-order chi connectivity index (χ0) is 20.6. The first-order valence-electron chi connectivity index (χ1n) is 7.58. The minimum absolute atomic E-state index is 0.0887. The Bertz CT molecular complexity index is 700. The topological polar surface area (TPSA) is 102 Å². The van der Waals surface area contributed by atoms with Crippen LogP contribution in [0.5, 0.6) is 0 Å². The molecule has 0 spiro atoms. The summed E-state index contributed by atoms with van der Waals surface area (Å²) < 4.78 is 46.5. The normalized spacial score (nSPS) is 13.7. The number of carbonyl (C=O) groups is 3. The van der Waals surface area contributed by atoms with Crippen LogP contribution in [0.15, 0.2) is 36.4 Å². The van der Waals surface area contributed by atoms with Gasteiger partial charge in [0.05, 0.1) is 19.8 Å². The van der Waals surface area contributed by atoms with Gasteiger partial charge in [-0.2, -0.15) is 13.2 Å². The molecule has 2 N–H and O–H groups in total. The van der Waals surface area contributed by atoms with E-state index >= 15 is 0 Å². The third kappa shape index (κ3) is 6.74. The van der Waals surface area contributed by atoms with E-state index in [2.05, 4.69) is 14.8 Å². The lowest BCUT2D eigenvalue weighted by Gasteiger charge is -2.18. The summed E-state index contributed by atoms with van der Waals surface area (Å²) in [7, 11) is 2.24. The average Bonchev–Trinajstić information content (AvgIpc) is 2.64. The number of aliphatic hydroxyl groups is 1. The number of carbonyl (C=O) groups excluding carboxylic acids is 3. The van der Waals surface area contributed by atoms with E-state index in [1.165, 1.54) is 6.08 Å². The van der Waals surface area contributed by atoms with Crippen LogP contribution < -0.4 is 5.32 Å². The number of esters is 2. The van der Waals surface area contributed by atoms with Crippen LogP contribution in [0.2, 0.25) is 0 Å². The van der Waals surface area contributed by atoms with Gasteiger partial charge in [-0.25, -0.2) is 9.59 Å². The Hall–Kier alpha value is -2.88. The minimum Gasteiger partial charge on any atom is -0.467 e. The predicted octanol–water partition coefficient (Wildman–Crippen LogP) is 1.52. The number of alkyl halides is 3. The third-order valence-corrected chi connectivity index (χ3v) is 3.43. The molecule has 10 heteroatoms. The Morgan fingerprint density at radius 3 is 2.22 bits per heavy atom. The zero-order valence-electron chi connectivity index (χ0n) is 14.4. The molecule has 0 saturated heterocycles. The molecule has 148 valence electrons. The van der Waals surface area contributed by atoms with Gasteiger partial charge in [0.15, 0.2) is 6.10 Å². The lowest BCUT2D eigenvalue weighted by molar-refractivity contribution is -0.146. The second-order valence-corrected chi connectivity index (χ2v) is 5.27. The highest BCUT2D eigenvalue weighted by Crippen LogP contribution is 2.29. The number of aliphatic hydroxyl groups excluding tert-OH is 1. The molecule has 0 fully saturated rings. The number of halogens is 3. The van der Waals surface area contributed by atoms with E-state index in [-0.39, 0.29) is 12.0 Å². The molecule has 0 unspecified atom stereocenters. The van der Waals surface area contributed by atoms with E-state index in [1.54, 1.807) is 0 Å². The maximum absolute atomic E-state index is 12.5. The molecule has 0 aliphatic rings. The monoisotopic (exact) mass is 389 g/mol. The van der Waals surface area contributed by atoms with Gasteiger partial charge in [0.2, 0.25) is 0 Å². The van der Waals surface area contributed by atoms with Gasteiger partial charge in [-0.1, -0.05) is 18.2 Å². The van der Waals surface area contributed by atoms with Crippen LogP contribution in [-0.4, -0.2) is 43.2 Å². The SMILES string of the molecule is COC(=O)/C=C/C[C@@H](NC(=O)[C@H](O)c1ccc(C(F)(F)F)cc1)C(=O)OC. The lowest BCUT2D eigenvalue weighted by atomic mass is 10.1. The second kappa shape index (κ2) is 9.72. The Kier molecular flexibility index (Phi) is 7.98. The molecule has 0 heterocycles. The molecule has 2 atom stereocenters. The van der Waals surface area contributed by atoms with Gasteiger partial charge in [-0.05, 0) is 24.1 Å². The molecule has 1 rings (SSSR count). The molecule has 7 nitrogen and oxygen atoms in total. The number of ether oxygens (including phenoxy) is 2. The quantitative estimate of drug-likeness (QED) is 0.542. The van der Waals surface area contributed by atoms with Crippen molar-refractivity contribution in [3.63, 3.8) is 0 Å². The Labute approximate surface area is 152 Å². The Morgan fingerprint density at radius 2 is 1.74 bits per heavy atom. The van der Waals surface area contributed by atoms with Gasteiger partial charge in [0, 0.05) is 6.08 Å². The van der Waals surface area contributed by atoms with Gasteiger partial charge < -0.3 is 19.9 Å². The van der Waals surface area contributed by atoms with Crippen molar-refractivity contribution in [1.29, 1.82) is 0 Å². The van der Waals surface area contributed by atoms with Crippen molar-refractivity contribution < 1.29 is 42.1 Å². The van der Waals surface area contributed by atoms with E-state index in [1.807, 2.05) is 0 Å². The van der Waals surface area contributed by atoms with E-state index in [4.69, 9.17) is 0 Å². The molecule has 27 heavy (non-hydrogen) atoms. The minimum atomic E-state index is -4.55. The zero-order valence-corrected chi connectivity index (χ0v) is 14.4. The summed E-state index contributed by atoms with van der Waals surface area (Å²) in [6.07, 6.45) is -4.18. The van der Waals surface area contributed by atoms with Crippen molar-refractivity contribution >= 4 is 17.8 Å². The van der Waals surface area contributed by atoms with E-state index in [9.17, 15) is 32.7 Å². The summed E-state index contributed by atoms with van der Waals surface area (Å²) in [5.41, 5.74) is -1.02. The van der Waals surface area contributed by atoms with Gasteiger partial charge in [-0.15, -0.1) is 0 Å². The lowest BCUT2D eigenvalue weighted by Crippen LogP contribution is -2.43. The molecule has 1 aromatic carbocycles. The van der Waals surface area contributed by atoms with Gasteiger partial charge in [-0.3, -0.25) is 4.79 Å². The summed E-state index contributed by atoms with van der Waals surface area (Å²) >= 11 is 0. The smallest absolute Gasteiger partial charge is 0.416 e. The fourth-order valence-electron chi connectivity index (χ4n) is 1.98. The molecule has 1 amide bonds. The number of hydrogen-bond donors (Lipinski definition) is 2. The number of hydrogen-bond acceptors (Lipinski definition) is 6. The maximum atomic E-state index is 12.5. The maximum Gasteiger partial charge on any atom is 0.416 e. The standard InChI is InChI=1S/C17H18F3NO6/c1-26-13(22)5-3-4-12(16(25)27-2)21-15(24)14(23)10-6-8-11(9-7-10)17(18,19)20/h3,5-9,12,14,23H,4H2,1-2H3,(H,21,24)/b5-3+/t12-,14-/m1/s1. The number of nitrogens with one attached hydrogen (secondary N) is 1. The summed E-state index contributed by atoms with van der Waals surface area (Å²) in [5, 5.41) is 12.2. The van der Waals surface area contributed by atoms with E-state index in [0.29, 0.717) is 0 Å². The van der Waals surface area contributed by atoms with Crippen molar-refractivity contribution in [3.8, 4) is 0 Å². The fourth-order valence-corrected chi connectivity index (χ4v) is 1.98. The largest absolute Gasteiger partial charge is 0.467 e. The third-order valence-electron chi connectivity index (χ3n) is 3.43. The number of benzene rings is 1. The van der Waals surface area contributed by atoms with Crippen molar-refractivity contribution in [2.24, 2.45) is 0 Å². The number of amides is 1. The van der Waals surface area contributed by atoms with Crippen LogP contribution in [0.4, 0.5) is 13.2 Å². The van der Waals surface area contributed by atoms with Gasteiger partial charge >= 0.3 is 18.1 Å². The number of rotatable bonds is 7.